The molecule has 0 fully saturated rings. The van der Waals surface area contributed by atoms with E-state index in [1.807, 2.05) is 6.07 Å². The number of halogens is 3. The first kappa shape index (κ1) is 23.9. The van der Waals surface area contributed by atoms with E-state index >= 15 is 0 Å². The molecule has 0 spiro atoms. The summed E-state index contributed by atoms with van der Waals surface area (Å²) in [5.41, 5.74) is 0.485. The lowest BCUT2D eigenvalue weighted by molar-refractivity contribution is -0.139. The monoisotopic (exact) mass is 457 g/mol. The summed E-state index contributed by atoms with van der Waals surface area (Å²) >= 11 is 0. The predicted molar refractivity (Wildman–Crippen MR) is 115 cm³/mol. The fourth-order valence-electron chi connectivity index (χ4n) is 3.86. The van der Waals surface area contributed by atoms with Crippen molar-refractivity contribution < 1.29 is 27.5 Å². The van der Waals surface area contributed by atoms with Gasteiger partial charge < -0.3 is 9.64 Å². The van der Waals surface area contributed by atoms with Gasteiger partial charge in [0.25, 0.3) is 0 Å². The second kappa shape index (κ2) is 9.36. The van der Waals surface area contributed by atoms with Crippen molar-refractivity contribution in [2.24, 2.45) is 0 Å². The molecule has 3 rings (SSSR count). The Balaban J connectivity index is 2.24. The van der Waals surface area contributed by atoms with E-state index in [9.17, 15) is 22.8 Å². The molecule has 2 aromatic carbocycles. The summed E-state index contributed by atoms with van der Waals surface area (Å²) in [4.78, 5) is 28.9. The van der Waals surface area contributed by atoms with E-state index in [2.05, 4.69) is 0 Å². The highest BCUT2D eigenvalue weighted by atomic mass is 19.4. The lowest BCUT2D eigenvalue weighted by Gasteiger charge is -2.42. The fraction of sp³-hybridized carbons (Fsp3) is 0.292. The molecule has 0 aromatic heterocycles. The van der Waals surface area contributed by atoms with Crippen LogP contribution in [0.15, 0.2) is 59.8 Å². The van der Waals surface area contributed by atoms with Gasteiger partial charge in [0.15, 0.2) is 0 Å². The number of likely N-dealkylation sites (N-methyl/N-ethyl adjacent to an activating group) is 1. The Hall–Kier alpha value is -3.80. The van der Waals surface area contributed by atoms with Gasteiger partial charge in [-0.15, -0.1) is 0 Å². The van der Waals surface area contributed by atoms with Crippen molar-refractivity contribution in [3.05, 3.63) is 76.5 Å². The molecule has 0 bridgehead atoms. The van der Waals surface area contributed by atoms with Gasteiger partial charge in [-0.25, -0.2) is 9.59 Å². The maximum Gasteiger partial charge on any atom is 0.416 e. The van der Waals surface area contributed by atoms with Crippen LogP contribution in [0.5, 0.6) is 0 Å². The van der Waals surface area contributed by atoms with E-state index in [1.165, 1.54) is 24.1 Å². The second-order valence-corrected chi connectivity index (χ2v) is 7.35. The summed E-state index contributed by atoms with van der Waals surface area (Å²) in [5.74, 6) is -0.667. The van der Waals surface area contributed by atoms with Gasteiger partial charge >= 0.3 is 18.2 Å². The van der Waals surface area contributed by atoms with Gasteiger partial charge in [0.05, 0.1) is 41.1 Å². The third-order valence-electron chi connectivity index (χ3n) is 5.35. The molecule has 2 aromatic rings. The molecule has 1 aliphatic rings. The molecule has 1 aliphatic heterocycles. The minimum absolute atomic E-state index is 0.00129. The molecule has 0 radical (unpaired) electrons. The summed E-state index contributed by atoms with van der Waals surface area (Å²) in [6, 6.07) is 11.4. The van der Waals surface area contributed by atoms with E-state index in [1.54, 1.807) is 38.1 Å². The number of amides is 2. The average molecular weight is 457 g/mol. The van der Waals surface area contributed by atoms with Crippen LogP contribution in [0.25, 0.3) is 0 Å². The Morgan fingerprint density at radius 1 is 1.15 bits per heavy atom. The number of carbonyl (C=O) groups excluding carboxylic acids is 2. The number of nitrogens with zero attached hydrogens (tertiary/aromatic N) is 3. The Bertz CT molecular complexity index is 1130. The number of ether oxygens (including phenoxy) is 1. The van der Waals surface area contributed by atoms with Gasteiger partial charge in [-0.3, -0.25) is 4.90 Å². The van der Waals surface area contributed by atoms with Crippen LogP contribution in [0.2, 0.25) is 0 Å². The maximum absolute atomic E-state index is 13.4. The largest absolute Gasteiger partial charge is 0.463 e. The zero-order valence-corrected chi connectivity index (χ0v) is 18.3. The molecule has 1 unspecified atom stereocenters. The highest BCUT2D eigenvalue weighted by molar-refractivity contribution is 6.03. The van der Waals surface area contributed by atoms with Gasteiger partial charge in [0, 0.05) is 12.7 Å². The number of carbonyl (C=O) groups is 2. The predicted octanol–water partition coefficient (Wildman–Crippen LogP) is 5.42. The Morgan fingerprint density at radius 2 is 1.82 bits per heavy atom. The van der Waals surface area contributed by atoms with E-state index in [0.29, 0.717) is 11.1 Å². The highest BCUT2D eigenvalue weighted by Crippen LogP contribution is 2.41. The third kappa shape index (κ3) is 4.55. The third-order valence-corrected chi connectivity index (χ3v) is 5.35. The number of anilines is 1. The molecule has 0 saturated carbocycles. The Kier molecular flexibility index (Phi) is 6.77. The number of nitriles is 1. The molecule has 2 amide bonds. The number of urea groups is 1. The van der Waals surface area contributed by atoms with E-state index in [-0.39, 0.29) is 30.0 Å². The topological polar surface area (TPSA) is 73.6 Å². The van der Waals surface area contributed by atoms with Crippen LogP contribution in [-0.4, -0.2) is 30.6 Å². The van der Waals surface area contributed by atoms with Crippen molar-refractivity contribution in [2.75, 3.05) is 18.6 Å². The first-order chi connectivity index (χ1) is 15.6. The lowest BCUT2D eigenvalue weighted by atomic mass is 9.91. The van der Waals surface area contributed by atoms with Crippen LogP contribution < -0.4 is 4.90 Å². The molecule has 172 valence electrons. The van der Waals surface area contributed by atoms with Gasteiger partial charge in [0.2, 0.25) is 0 Å². The summed E-state index contributed by atoms with van der Waals surface area (Å²) in [6.07, 6.45) is -4.40. The fourth-order valence-corrected chi connectivity index (χ4v) is 3.86. The van der Waals surface area contributed by atoms with Crippen molar-refractivity contribution >= 4 is 17.7 Å². The number of benzene rings is 2. The van der Waals surface area contributed by atoms with Crippen LogP contribution in [0.3, 0.4) is 0 Å². The maximum atomic E-state index is 13.4. The molecule has 0 aliphatic carbocycles. The molecule has 6 nitrogen and oxygen atoms in total. The summed E-state index contributed by atoms with van der Waals surface area (Å²) in [6.45, 7) is 3.44. The lowest BCUT2D eigenvalue weighted by Crippen LogP contribution is -2.49. The van der Waals surface area contributed by atoms with Crippen LogP contribution >= 0.6 is 0 Å². The van der Waals surface area contributed by atoms with Crippen LogP contribution in [0.4, 0.5) is 23.7 Å². The molecular weight excluding hydrogens is 435 g/mol. The quantitative estimate of drug-likeness (QED) is 0.562. The minimum Gasteiger partial charge on any atom is -0.463 e. The average Bonchev–Trinajstić information content (AvgIpc) is 2.80. The number of rotatable bonds is 5. The highest BCUT2D eigenvalue weighted by Gasteiger charge is 2.42. The SMILES string of the molecule is CCOC(=O)C1=C(CC)N(c2cccc(C(F)(F)F)c2)C(=O)N(C)C1c1ccc(C#N)cc1. The number of hydrogen-bond donors (Lipinski definition) is 0. The zero-order valence-electron chi connectivity index (χ0n) is 18.3. The van der Waals surface area contributed by atoms with Crippen LogP contribution in [0.1, 0.15) is 43.0 Å². The zero-order chi connectivity index (χ0) is 24.3. The molecule has 1 atom stereocenters. The number of hydrogen-bond acceptors (Lipinski definition) is 4. The van der Waals surface area contributed by atoms with Crippen molar-refractivity contribution in [1.82, 2.24) is 4.90 Å². The molecule has 0 saturated heterocycles. The van der Waals surface area contributed by atoms with Crippen molar-refractivity contribution in [2.45, 2.75) is 32.5 Å². The first-order valence-corrected chi connectivity index (χ1v) is 10.3. The van der Waals surface area contributed by atoms with E-state index in [4.69, 9.17) is 10.00 Å². The number of alkyl halides is 3. The first-order valence-electron chi connectivity index (χ1n) is 10.3. The summed E-state index contributed by atoms with van der Waals surface area (Å²) in [7, 11) is 1.47. The van der Waals surface area contributed by atoms with Crippen LogP contribution in [0, 0.1) is 11.3 Å². The Labute approximate surface area is 189 Å². The summed E-state index contributed by atoms with van der Waals surface area (Å²) < 4.78 is 45.2. The standard InChI is InChI=1S/C24H22F3N3O3/c1-4-19-20(22(31)33-5-2)21(16-11-9-15(14-28)10-12-16)29(3)23(32)30(19)18-8-6-7-17(13-18)24(25,26)27/h6-13,21H,4-5H2,1-3H3. The van der Waals surface area contributed by atoms with Crippen molar-refractivity contribution in [3.63, 3.8) is 0 Å². The van der Waals surface area contributed by atoms with Crippen molar-refractivity contribution in [3.8, 4) is 6.07 Å². The van der Waals surface area contributed by atoms with Gasteiger partial charge in [-0.05, 0) is 49.2 Å². The molecule has 33 heavy (non-hydrogen) atoms. The normalized spacial score (nSPS) is 16.6. The molecule has 9 heteroatoms. The molecular formula is C24H22F3N3O3. The van der Waals surface area contributed by atoms with Crippen LogP contribution in [-0.2, 0) is 15.7 Å². The Morgan fingerprint density at radius 3 is 2.36 bits per heavy atom. The van der Waals surface area contributed by atoms with Gasteiger partial charge in [-0.1, -0.05) is 25.1 Å². The minimum atomic E-state index is -4.59. The van der Waals surface area contributed by atoms with E-state index < -0.39 is 29.8 Å². The van der Waals surface area contributed by atoms with Gasteiger partial charge in [-0.2, -0.15) is 18.4 Å². The van der Waals surface area contributed by atoms with Crippen molar-refractivity contribution in [1.29, 1.82) is 5.26 Å². The van der Waals surface area contributed by atoms with Gasteiger partial charge in [0.1, 0.15) is 0 Å². The second-order valence-electron chi connectivity index (χ2n) is 7.35. The van der Waals surface area contributed by atoms with E-state index in [0.717, 1.165) is 17.0 Å². The number of esters is 1. The molecule has 1 heterocycles. The smallest absolute Gasteiger partial charge is 0.416 e. The number of allylic oxidation sites excluding steroid dienone is 1. The summed E-state index contributed by atoms with van der Waals surface area (Å²) in [5, 5.41) is 9.08. The molecule has 0 N–H and O–H groups in total.